The van der Waals surface area contributed by atoms with E-state index in [1.165, 1.54) is 29.8 Å². The molecule has 0 saturated carbocycles. The minimum Gasteiger partial charge on any atom is -0.408 e. The Morgan fingerprint density at radius 1 is 1.00 bits per heavy atom. The third-order valence-corrected chi connectivity index (χ3v) is 6.93. The molecule has 0 saturated heterocycles. The third kappa shape index (κ3) is 5.11. The van der Waals surface area contributed by atoms with Gasteiger partial charge in [-0.25, -0.2) is 13.2 Å². The Morgan fingerprint density at radius 2 is 1.68 bits per heavy atom. The molecule has 3 aromatic carbocycles. The lowest BCUT2D eigenvalue weighted by molar-refractivity contribution is -0.117. The summed E-state index contributed by atoms with van der Waals surface area (Å²) in [6.07, 6.45) is 0.152. The number of hydrogen-bond acceptors (Lipinski definition) is 5. The van der Waals surface area contributed by atoms with E-state index in [4.69, 9.17) is 4.42 Å². The van der Waals surface area contributed by atoms with Gasteiger partial charge in [0.2, 0.25) is 15.9 Å². The quantitative estimate of drug-likeness (QED) is 0.423. The summed E-state index contributed by atoms with van der Waals surface area (Å²) < 4.78 is 35.4. The topological polar surface area (TPSA) is 110 Å². The van der Waals surface area contributed by atoms with Gasteiger partial charge in [0.05, 0.1) is 10.4 Å². The number of carbonyl (C=O) groups excluding carboxylic acids is 1. The van der Waals surface area contributed by atoms with Crippen LogP contribution in [0.2, 0.25) is 0 Å². The van der Waals surface area contributed by atoms with E-state index < -0.39 is 27.7 Å². The van der Waals surface area contributed by atoms with Crippen LogP contribution in [0.4, 0.5) is 5.69 Å². The number of nitrogens with zero attached hydrogens (tertiary/aromatic N) is 1. The number of anilines is 1. The summed E-state index contributed by atoms with van der Waals surface area (Å²) in [5.41, 5.74) is 3.97. The second-order valence-electron chi connectivity index (χ2n) is 8.29. The van der Waals surface area contributed by atoms with E-state index in [-0.39, 0.29) is 16.9 Å². The molecule has 1 heterocycles. The molecule has 0 aliphatic rings. The maximum Gasteiger partial charge on any atom is 0.419 e. The Balaban J connectivity index is 1.65. The van der Waals surface area contributed by atoms with E-state index in [2.05, 4.69) is 10.0 Å². The van der Waals surface area contributed by atoms with E-state index in [0.717, 1.165) is 16.7 Å². The molecule has 1 atom stereocenters. The number of rotatable bonds is 7. The summed E-state index contributed by atoms with van der Waals surface area (Å²) in [6.45, 7) is 3.84. The number of aryl methyl sites for hydroxylation is 3. The summed E-state index contributed by atoms with van der Waals surface area (Å²) in [5.74, 6) is -1.07. The number of sulfonamides is 1. The van der Waals surface area contributed by atoms with Crippen LogP contribution >= 0.6 is 0 Å². The summed E-state index contributed by atoms with van der Waals surface area (Å²) in [7, 11) is -2.57. The molecule has 1 amide bonds. The number of amides is 1. The number of aromatic nitrogens is 1. The highest BCUT2D eigenvalue weighted by molar-refractivity contribution is 7.89. The first-order chi connectivity index (χ1) is 16.1. The Hall–Kier alpha value is -3.69. The van der Waals surface area contributed by atoms with Crippen LogP contribution in [0.3, 0.4) is 0 Å². The Morgan fingerprint density at radius 3 is 2.35 bits per heavy atom. The van der Waals surface area contributed by atoms with Crippen LogP contribution in [0.5, 0.6) is 0 Å². The Bertz CT molecular complexity index is 1500. The van der Waals surface area contributed by atoms with Crippen molar-refractivity contribution in [1.29, 1.82) is 0 Å². The minimum absolute atomic E-state index is 0.105. The lowest BCUT2D eigenvalue weighted by Gasteiger charge is -2.19. The molecule has 4 rings (SSSR count). The molecule has 0 spiro atoms. The van der Waals surface area contributed by atoms with Crippen molar-refractivity contribution in [3.05, 3.63) is 94.0 Å². The second-order valence-corrected chi connectivity index (χ2v) is 10.00. The van der Waals surface area contributed by atoms with E-state index in [9.17, 15) is 18.0 Å². The zero-order valence-corrected chi connectivity index (χ0v) is 19.8. The molecular weight excluding hydrogens is 454 g/mol. The van der Waals surface area contributed by atoms with E-state index in [1.54, 1.807) is 0 Å². The molecule has 0 aliphatic carbocycles. The lowest BCUT2D eigenvalue weighted by atomic mass is 10.1. The predicted molar refractivity (Wildman–Crippen MR) is 130 cm³/mol. The molecule has 2 N–H and O–H groups in total. The van der Waals surface area contributed by atoms with Crippen molar-refractivity contribution in [2.24, 2.45) is 7.05 Å². The number of benzene rings is 3. The van der Waals surface area contributed by atoms with Crippen LogP contribution in [0.15, 0.2) is 80.8 Å². The standard InChI is InChI=1S/C25H25N3O5S/c1-16-11-17(2)13-19(12-16)26-24(29)21(14-18-7-5-4-6-8-18)27-34(31,32)20-9-10-22-23(15-20)33-25(30)28(22)3/h4-13,15,21,27H,14H2,1-3H3,(H,26,29). The minimum atomic E-state index is -4.11. The molecule has 176 valence electrons. The Kier molecular flexibility index (Phi) is 6.41. The fourth-order valence-electron chi connectivity index (χ4n) is 3.85. The molecule has 1 unspecified atom stereocenters. The summed E-state index contributed by atoms with van der Waals surface area (Å²) in [5, 5.41) is 2.83. The van der Waals surface area contributed by atoms with Crippen molar-refractivity contribution < 1.29 is 17.6 Å². The SMILES string of the molecule is Cc1cc(C)cc(NC(=O)C(Cc2ccccc2)NS(=O)(=O)c2ccc3c(c2)oc(=O)n3C)c1. The fraction of sp³-hybridized carbons (Fsp3) is 0.200. The maximum absolute atomic E-state index is 13.2. The number of nitrogens with one attached hydrogen (secondary N) is 2. The monoisotopic (exact) mass is 479 g/mol. The molecule has 34 heavy (non-hydrogen) atoms. The molecule has 0 aliphatic heterocycles. The molecule has 0 bridgehead atoms. The van der Waals surface area contributed by atoms with Gasteiger partial charge < -0.3 is 9.73 Å². The molecule has 0 fully saturated rings. The zero-order valence-electron chi connectivity index (χ0n) is 19.0. The van der Waals surface area contributed by atoms with Crippen molar-refractivity contribution in [2.45, 2.75) is 31.2 Å². The largest absolute Gasteiger partial charge is 0.419 e. The van der Waals surface area contributed by atoms with Gasteiger partial charge in [0, 0.05) is 18.8 Å². The van der Waals surface area contributed by atoms with Crippen molar-refractivity contribution in [3.63, 3.8) is 0 Å². The van der Waals surface area contributed by atoms with Crippen LogP contribution < -0.4 is 15.8 Å². The van der Waals surface area contributed by atoms with Gasteiger partial charge >= 0.3 is 5.76 Å². The van der Waals surface area contributed by atoms with Crippen LogP contribution in [0, 0.1) is 13.8 Å². The first-order valence-electron chi connectivity index (χ1n) is 10.7. The van der Waals surface area contributed by atoms with Gasteiger partial charge in [0.25, 0.3) is 0 Å². The molecule has 9 heteroatoms. The van der Waals surface area contributed by atoms with E-state index in [1.807, 2.05) is 62.4 Å². The number of carbonyl (C=O) groups is 1. The number of hydrogen-bond donors (Lipinski definition) is 2. The van der Waals surface area contributed by atoms with Gasteiger partial charge in [-0.05, 0) is 61.2 Å². The number of fused-ring (bicyclic) bond motifs is 1. The first kappa shape index (κ1) is 23.5. The van der Waals surface area contributed by atoms with Gasteiger partial charge in [-0.3, -0.25) is 9.36 Å². The van der Waals surface area contributed by atoms with Gasteiger partial charge in [0.1, 0.15) is 6.04 Å². The summed E-state index contributed by atoms with van der Waals surface area (Å²) >= 11 is 0. The van der Waals surface area contributed by atoms with Crippen molar-refractivity contribution in [3.8, 4) is 0 Å². The van der Waals surface area contributed by atoms with Crippen LogP contribution in [0.1, 0.15) is 16.7 Å². The highest BCUT2D eigenvalue weighted by Crippen LogP contribution is 2.20. The highest BCUT2D eigenvalue weighted by Gasteiger charge is 2.27. The van der Waals surface area contributed by atoms with Crippen molar-refractivity contribution in [2.75, 3.05) is 5.32 Å². The fourth-order valence-corrected chi connectivity index (χ4v) is 5.06. The van der Waals surface area contributed by atoms with Crippen LogP contribution in [-0.2, 0) is 28.3 Å². The Labute approximate surface area is 197 Å². The van der Waals surface area contributed by atoms with Gasteiger partial charge in [-0.1, -0.05) is 36.4 Å². The van der Waals surface area contributed by atoms with Gasteiger partial charge in [0.15, 0.2) is 5.58 Å². The molecule has 1 aromatic heterocycles. The third-order valence-electron chi connectivity index (χ3n) is 5.46. The average molecular weight is 480 g/mol. The maximum atomic E-state index is 13.2. The molecule has 8 nitrogen and oxygen atoms in total. The van der Waals surface area contributed by atoms with Gasteiger partial charge in [-0.2, -0.15) is 4.72 Å². The zero-order chi connectivity index (χ0) is 24.5. The smallest absolute Gasteiger partial charge is 0.408 e. The molecular formula is C25H25N3O5S. The summed E-state index contributed by atoms with van der Waals surface area (Å²) in [6, 6.07) is 17.9. The van der Waals surface area contributed by atoms with Crippen molar-refractivity contribution >= 4 is 32.7 Å². The molecule has 0 radical (unpaired) electrons. The first-order valence-corrected chi connectivity index (χ1v) is 12.2. The average Bonchev–Trinajstić information content (AvgIpc) is 3.06. The van der Waals surface area contributed by atoms with Crippen LogP contribution in [0.25, 0.3) is 11.1 Å². The number of oxazole rings is 1. The predicted octanol–water partition coefficient (Wildman–Crippen LogP) is 3.28. The second kappa shape index (κ2) is 9.28. The van der Waals surface area contributed by atoms with Crippen molar-refractivity contribution in [1.82, 2.24) is 9.29 Å². The molecule has 4 aromatic rings. The van der Waals surface area contributed by atoms with E-state index >= 15 is 0 Å². The lowest BCUT2D eigenvalue weighted by Crippen LogP contribution is -2.45. The van der Waals surface area contributed by atoms with Gasteiger partial charge in [-0.15, -0.1) is 0 Å². The summed E-state index contributed by atoms with van der Waals surface area (Å²) in [4.78, 5) is 24.9. The normalized spacial score (nSPS) is 12.6. The highest BCUT2D eigenvalue weighted by atomic mass is 32.2. The van der Waals surface area contributed by atoms with E-state index in [0.29, 0.717) is 11.2 Å². The van der Waals surface area contributed by atoms with Crippen LogP contribution in [-0.4, -0.2) is 24.9 Å².